The molecule has 9 heteroatoms. The summed E-state index contributed by atoms with van der Waals surface area (Å²) in [5.41, 5.74) is 1.18. The Morgan fingerprint density at radius 2 is 1.96 bits per heavy atom. The molecule has 2 aromatic heterocycles. The summed E-state index contributed by atoms with van der Waals surface area (Å²) in [4.78, 5) is 8.44. The summed E-state index contributed by atoms with van der Waals surface area (Å²) >= 11 is 0. The fourth-order valence-corrected chi connectivity index (χ4v) is 2.49. The standard InChI is InChI=1S/C18H18F3N5O/c1-3-12(27)9-26-17(11-6-7-22-10(2)8-11)24-18(25-26)23-14-5-4-13(19)15(20)16(14)21/h4-8,12,27H,3,9H2,1-2H3,(H,23,25). The third kappa shape index (κ3) is 4.08. The Bertz CT molecular complexity index is 960. The number of aromatic nitrogens is 4. The second-order valence-electron chi connectivity index (χ2n) is 6.04. The first kappa shape index (κ1) is 18.8. The molecule has 3 aromatic rings. The van der Waals surface area contributed by atoms with Crippen LogP contribution in [0.2, 0.25) is 0 Å². The summed E-state index contributed by atoms with van der Waals surface area (Å²) < 4.78 is 41.9. The SMILES string of the molecule is CCC(O)Cn1nc(Nc2ccc(F)c(F)c2F)nc1-c1ccnc(C)c1. The van der Waals surface area contributed by atoms with Crippen LogP contribution in [0, 0.1) is 24.4 Å². The van der Waals surface area contributed by atoms with Crippen molar-refractivity contribution >= 4 is 11.6 Å². The van der Waals surface area contributed by atoms with Crippen molar-refractivity contribution in [1.29, 1.82) is 0 Å². The lowest BCUT2D eigenvalue weighted by molar-refractivity contribution is 0.146. The van der Waals surface area contributed by atoms with E-state index in [-0.39, 0.29) is 18.2 Å². The Kier molecular flexibility index (Phi) is 5.41. The second-order valence-corrected chi connectivity index (χ2v) is 6.04. The Morgan fingerprint density at radius 3 is 2.67 bits per heavy atom. The number of aliphatic hydroxyl groups is 1. The lowest BCUT2D eigenvalue weighted by Crippen LogP contribution is -2.16. The van der Waals surface area contributed by atoms with E-state index >= 15 is 0 Å². The zero-order chi connectivity index (χ0) is 19.6. The molecule has 1 unspecified atom stereocenters. The molecule has 0 aliphatic heterocycles. The predicted octanol–water partition coefficient (Wildman–Crippen LogP) is 3.58. The van der Waals surface area contributed by atoms with Gasteiger partial charge < -0.3 is 10.4 Å². The molecule has 0 bridgehead atoms. The maximum absolute atomic E-state index is 13.9. The first-order valence-electron chi connectivity index (χ1n) is 8.35. The third-order valence-corrected chi connectivity index (χ3v) is 3.96. The number of nitrogens with one attached hydrogen (secondary N) is 1. The van der Waals surface area contributed by atoms with Crippen LogP contribution in [-0.4, -0.2) is 31.0 Å². The molecule has 0 radical (unpaired) electrons. The fourth-order valence-electron chi connectivity index (χ4n) is 2.49. The van der Waals surface area contributed by atoms with E-state index in [1.807, 2.05) is 13.8 Å². The van der Waals surface area contributed by atoms with Gasteiger partial charge in [0.25, 0.3) is 0 Å². The molecule has 0 aliphatic carbocycles. The zero-order valence-corrected chi connectivity index (χ0v) is 14.7. The first-order chi connectivity index (χ1) is 12.9. The molecule has 1 aromatic carbocycles. The highest BCUT2D eigenvalue weighted by atomic mass is 19.2. The zero-order valence-electron chi connectivity index (χ0n) is 14.7. The van der Waals surface area contributed by atoms with E-state index in [9.17, 15) is 18.3 Å². The molecule has 3 rings (SSSR count). The Balaban J connectivity index is 1.99. The van der Waals surface area contributed by atoms with Crippen molar-refractivity contribution in [2.24, 2.45) is 0 Å². The van der Waals surface area contributed by atoms with Crippen LogP contribution in [0.5, 0.6) is 0 Å². The van der Waals surface area contributed by atoms with Crippen molar-refractivity contribution in [1.82, 2.24) is 19.7 Å². The number of anilines is 2. The Morgan fingerprint density at radius 1 is 1.19 bits per heavy atom. The molecule has 1 atom stereocenters. The monoisotopic (exact) mass is 377 g/mol. The van der Waals surface area contributed by atoms with Gasteiger partial charge in [0.2, 0.25) is 5.95 Å². The fraction of sp³-hybridized carbons (Fsp3) is 0.278. The molecule has 0 aliphatic rings. The summed E-state index contributed by atoms with van der Waals surface area (Å²) in [7, 11) is 0. The number of benzene rings is 1. The Hall–Kier alpha value is -2.94. The van der Waals surface area contributed by atoms with Gasteiger partial charge in [0.05, 0.1) is 18.3 Å². The molecule has 0 saturated heterocycles. The summed E-state index contributed by atoms with van der Waals surface area (Å²) in [5, 5.41) is 16.8. The minimum absolute atomic E-state index is 0.00678. The third-order valence-electron chi connectivity index (χ3n) is 3.96. The van der Waals surface area contributed by atoms with Gasteiger partial charge in [-0.3, -0.25) is 4.98 Å². The summed E-state index contributed by atoms with van der Waals surface area (Å²) in [6.45, 7) is 3.82. The largest absolute Gasteiger partial charge is 0.391 e. The van der Waals surface area contributed by atoms with E-state index in [1.54, 1.807) is 18.3 Å². The van der Waals surface area contributed by atoms with E-state index in [0.29, 0.717) is 17.8 Å². The van der Waals surface area contributed by atoms with Crippen LogP contribution >= 0.6 is 0 Å². The van der Waals surface area contributed by atoms with Crippen LogP contribution < -0.4 is 5.32 Å². The van der Waals surface area contributed by atoms with Gasteiger partial charge in [-0.25, -0.2) is 17.9 Å². The van der Waals surface area contributed by atoms with E-state index in [2.05, 4.69) is 20.4 Å². The molecular weight excluding hydrogens is 359 g/mol. The van der Waals surface area contributed by atoms with Gasteiger partial charge in [-0.1, -0.05) is 6.92 Å². The highest BCUT2D eigenvalue weighted by Gasteiger charge is 2.18. The number of hydrogen-bond donors (Lipinski definition) is 2. The van der Waals surface area contributed by atoms with Crippen molar-refractivity contribution in [3.63, 3.8) is 0 Å². The van der Waals surface area contributed by atoms with Crippen molar-refractivity contribution in [3.8, 4) is 11.4 Å². The van der Waals surface area contributed by atoms with Gasteiger partial charge in [-0.15, -0.1) is 5.10 Å². The molecule has 0 amide bonds. The first-order valence-corrected chi connectivity index (χ1v) is 8.35. The van der Waals surface area contributed by atoms with Crippen LogP contribution in [0.4, 0.5) is 24.8 Å². The van der Waals surface area contributed by atoms with Crippen LogP contribution in [-0.2, 0) is 6.54 Å². The molecule has 0 saturated carbocycles. The van der Waals surface area contributed by atoms with Gasteiger partial charge in [0, 0.05) is 17.5 Å². The number of rotatable bonds is 6. The maximum Gasteiger partial charge on any atom is 0.247 e. The molecule has 0 spiro atoms. The molecule has 6 nitrogen and oxygen atoms in total. The highest BCUT2D eigenvalue weighted by Crippen LogP contribution is 2.25. The molecule has 2 N–H and O–H groups in total. The van der Waals surface area contributed by atoms with Gasteiger partial charge in [0.15, 0.2) is 23.3 Å². The summed E-state index contributed by atoms with van der Waals surface area (Å²) in [6.07, 6.45) is 1.47. The average Bonchev–Trinajstić information content (AvgIpc) is 3.04. The van der Waals surface area contributed by atoms with E-state index < -0.39 is 23.6 Å². The number of halogens is 3. The molecule has 0 fully saturated rings. The second kappa shape index (κ2) is 7.75. The topological polar surface area (TPSA) is 75.9 Å². The maximum atomic E-state index is 13.9. The van der Waals surface area contributed by atoms with E-state index in [1.165, 1.54) is 4.68 Å². The number of aliphatic hydroxyl groups excluding tert-OH is 1. The molecule has 142 valence electrons. The van der Waals surface area contributed by atoms with Gasteiger partial charge in [0.1, 0.15) is 0 Å². The minimum Gasteiger partial charge on any atom is -0.391 e. The smallest absolute Gasteiger partial charge is 0.247 e. The highest BCUT2D eigenvalue weighted by molar-refractivity contribution is 5.60. The van der Waals surface area contributed by atoms with Crippen LogP contribution in [0.15, 0.2) is 30.5 Å². The Labute approximate surface area is 153 Å². The predicted molar refractivity (Wildman–Crippen MR) is 93.9 cm³/mol. The van der Waals surface area contributed by atoms with Crippen LogP contribution in [0.3, 0.4) is 0 Å². The summed E-state index contributed by atoms with van der Waals surface area (Å²) in [6, 6.07) is 5.39. The number of nitrogens with zero attached hydrogens (tertiary/aromatic N) is 4. The van der Waals surface area contributed by atoms with E-state index in [0.717, 1.165) is 17.8 Å². The van der Waals surface area contributed by atoms with Crippen molar-refractivity contribution in [2.45, 2.75) is 32.9 Å². The van der Waals surface area contributed by atoms with Crippen LogP contribution in [0.25, 0.3) is 11.4 Å². The number of aryl methyl sites for hydroxylation is 1. The molecular formula is C18H18F3N5O. The normalized spacial score (nSPS) is 12.2. The molecule has 27 heavy (non-hydrogen) atoms. The van der Waals surface area contributed by atoms with Gasteiger partial charge in [-0.2, -0.15) is 4.98 Å². The minimum atomic E-state index is -1.58. The van der Waals surface area contributed by atoms with Crippen LogP contribution in [0.1, 0.15) is 19.0 Å². The summed E-state index contributed by atoms with van der Waals surface area (Å²) in [5.74, 6) is -3.80. The average molecular weight is 377 g/mol. The van der Waals surface area contributed by atoms with Gasteiger partial charge in [-0.05, 0) is 37.6 Å². The van der Waals surface area contributed by atoms with Gasteiger partial charge >= 0.3 is 0 Å². The van der Waals surface area contributed by atoms with E-state index in [4.69, 9.17) is 0 Å². The van der Waals surface area contributed by atoms with Crippen molar-refractivity contribution < 1.29 is 18.3 Å². The quantitative estimate of drug-likeness (QED) is 0.642. The van der Waals surface area contributed by atoms with Crippen molar-refractivity contribution in [2.75, 3.05) is 5.32 Å². The lowest BCUT2D eigenvalue weighted by atomic mass is 10.2. The van der Waals surface area contributed by atoms with Crippen molar-refractivity contribution in [3.05, 3.63) is 53.6 Å². The molecule has 2 heterocycles. The lowest BCUT2D eigenvalue weighted by Gasteiger charge is -2.10. The number of pyridine rings is 1. The number of hydrogen-bond acceptors (Lipinski definition) is 5.